The van der Waals surface area contributed by atoms with E-state index in [2.05, 4.69) is 52.9 Å². The Hall–Kier alpha value is -6.31. The van der Waals surface area contributed by atoms with Crippen LogP contribution in [0.1, 0.15) is 89.6 Å². The van der Waals surface area contributed by atoms with Gasteiger partial charge in [-0.05, 0) is 135 Å². The first-order chi connectivity index (χ1) is 34.2. The van der Waals surface area contributed by atoms with E-state index in [0.29, 0.717) is 46.5 Å². The van der Waals surface area contributed by atoms with Crippen LogP contribution >= 0.6 is 0 Å². The number of likely N-dealkylation sites (tertiary alicyclic amines) is 1. The number of nitrogens with one attached hydrogen (secondary N) is 3. The molecule has 2 atom stereocenters. The quantitative estimate of drug-likeness (QED) is 0.0945. The van der Waals surface area contributed by atoms with Crippen LogP contribution < -0.4 is 19.8 Å². The second-order valence-corrected chi connectivity index (χ2v) is 22.0. The second-order valence-electron chi connectivity index (χ2n) is 20.3. The number of pyridine rings is 1. The summed E-state index contributed by atoms with van der Waals surface area (Å²) in [6.45, 7) is 7.13. The Labute approximate surface area is 409 Å². The molecular weight excluding hydrogens is 936 g/mol. The molecule has 3 aromatic carbocycles. The number of hydrogen-bond acceptors (Lipinski definition) is 10. The van der Waals surface area contributed by atoms with E-state index in [1.165, 1.54) is 19.0 Å². The van der Waals surface area contributed by atoms with Crippen molar-refractivity contribution in [3.05, 3.63) is 107 Å². The van der Waals surface area contributed by atoms with Crippen LogP contribution in [-0.2, 0) is 26.3 Å². The summed E-state index contributed by atoms with van der Waals surface area (Å²) in [5.41, 5.74) is 4.48. The average Bonchev–Trinajstić information content (AvgIpc) is 4.10. The molecule has 15 nitrogen and oxygen atoms in total. The number of imide groups is 1. The van der Waals surface area contributed by atoms with E-state index < -0.39 is 57.0 Å². The molecule has 19 heteroatoms. The molecule has 3 N–H and O–H groups in total. The molecule has 5 fully saturated rings. The lowest BCUT2D eigenvalue weighted by molar-refractivity contribution is -0.136. The third-order valence-corrected chi connectivity index (χ3v) is 17.6. The molecule has 2 aromatic heterocycles. The van der Waals surface area contributed by atoms with Crippen LogP contribution in [0.15, 0.2) is 73.1 Å². The van der Waals surface area contributed by atoms with Crippen LogP contribution in [0.2, 0.25) is 0 Å². The number of fused-ring (bicyclic) bond motifs is 2. The largest absolute Gasteiger partial charge is 0.372 e. The smallest absolute Gasteiger partial charge is 0.301 e. The number of piperidine rings is 4. The molecule has 0 saturated carbocycles. The fourth-order valence-corrected chi connectivity index (χ4v) is 13.0. The number of carbonyl (C=O) groups excluding carboxylic acids is 4. The average molecular weight is 992 g/mol. The maximum absolute atomic E-state index is 15.8. The maximum Gasteiger partial charge on any atom is 0.301 e. The highest BCUT2D eigenvalue weighted by Gasteiger charge is 2.41. The molecule has 372 valence electrons. The molecule has 11 rings (SSSR count). The minimum atomic E-state index is -4.35. The maximum atomic E-state index is 15.8. The number of alkyl halides is 1. The van der Waals surface area contributed by atoms with Crippen molar-refractivity contribution >= 4 is 61.8 Å². The highest BCUT2D eigenvalue weighted by molar-refractivity contribution is 7.90. The van der Waals surface area contributed by atoms with Gasteiger partial charge in [-0.2, -0.15) is 12.7 Å². The molecule has 0 bridgehead atoms. The van der Waals surface area contributed by atoms with E-state index in [1.54, 1.807) is 17.2 Å². The first-order valence-electron chi connectivity index (χ1n) is 24.7. The molecule has 5 saturated heterocycles. The number of carbonyl (C=O) groups is 4. The van der Waals surface area contributed by atoms with Gasteiger partial charge in [0, 0.05) is 105 Å². The van der Waals surface area contributed by atoms with Gasteiger partial charge < -0.3 is 24.6 Å². The summed E-state index contributed by atoms with van der Waals surface area (Å²) in [6.07, 6.45) is 9.16. The lowest BCUT2D eigenvalue weighted by atomic mass is 9.71. The van der Waals surface area contributed by atoms with Gasteiger partial charge in [0.2, 0.25) is 17.6 Å². The summed E-state index contributed by atoms with van der Waals surface area (Å²) in [6, 6.07) is 17.1. The van der Waals surface area contributed by atoms with E-state index in [-0.39, 0.29) is 43.3 Å². The number of ketones is 1. The minimum absolute atomic E-state index is 0.00717. The molecule has 0 aliphatic carbocycles. The predicted molar refractivity (Wildman–Crippen MR) is 262 cm³/mol. The number of halogens is 3. The summed E-state index contributed by atoms with van der Waals surface area (Å²) in [7, 11) is -4.35. The Bertz CT molecular complexity index is 3030. The van der Waals surface area contributed by atoms with Gasteiger partial charge in [0.25, 0.3) is 5.91 Å². The van der Waals surface area contributed by atoms with Crippen molar-refractivity contribution in [3.63, 3.8) is 0 Å². The van der Waals surface area contributed by atoms with Gasteiger partial charge in [-0.25, -0.2) is 18.2 Å². The van der Waals surface area contributed by atoms with Crippen molar-refractivity contribution in [1.29, 1.82) is 0 Å². The summed E-state index contributed by atoms with van der Waals surface area (Å²) in [5.74, 6) is -3.72. The molecular formula is C52H56F3N9O6S. The van der Waals surface area contributed by atoms with E-state index in [4.69, 9.17) is 0 Å². The zero-order chi connectivity index (χ0) is 49.2. The second kappa shape index (κ2) is 18.7. The van der Waals surface area contributed by atoms with Gasteiger partial charge in [0.1, 0.15) is 23.7 Å². The zero-order valence-electron chi connectivity index (χ0n) is 39.3. The van der Waals surface area contributed by atoms with Gasteiger partial charge in [0.05, 0.1) is 11.3 Å². The van der Waals surface area contributed by atoms with Gasteiger partial charge in [-0.15, -0.1) is 0 Å². The number of hydrogen-bond donors (Lipinski definition) is 3. The molecule has 6 aliphatic heterocycles. The van der Waals surface area contributed by atoms with Crippen LogP contribution in [0.4, 0.5) is 30.2 Å². The predicted octanol–water partition coefficient (Wildman–Crippen LogP) is 6.80. The summed E-state index contributed by atoms with van der Waals surface area (Å²) in [5, 5.41) is 2.73. The first-order valence-corrected chi connectivity index (χ1v) is 26.2. The molecule has 71 heavy (non-hydrogen) atoms. The Morgan fingerprint density at radius 3 is 2.25 bits per heavy atom. The van der Waals surface area contributed by atoms with Crippen LogP contribution in [0, 0.1) is 23.0 Å². The number of H-pyrrole nitrogens is 1. The molecule has 1 unspecified atom stereocenters. The number of nitrogens with zero attached hydrogens (tertiary/aromatic N) is 6. The van der Waals surface area contributed by atoms with E-state index in [0.717, 1.165) is 110 Å². The number of benzene rings is 3. The number of aromatic amines is 1. The van der Waals surface area contributed by atoms with Crippen LogP contribution in [0.5, 0.6) is 0 Å². The van der Waals surface area contributed by atoms with E-state index in [1.807, 2.05) is 24.3 Å². The Morgan fingerprint density at radius 2 is 1.54 bits per heavy atom. The molecule has 1 spiro atoms. The number of aromatic nitrogens is 2. The molecule has 5 aromatic rings. The topological polar surface area (TPSA) is 171 Å². The number of rotatable bonds is 11. The molecule has 8 heterocycles. The lowest BCUT2D eigenvalue weighted by Gasteiger charge is -2.48. The van der Waals surface area contributed by atoms with Crippen LogP contribution in [-0.4, -0.2) is 127 Å². The Kier molecular flexibility index (Phi) is 12.4. The summed E-state index contributed by atoms with van der Waals surface area (Å²) >= 11 is 0. The third kappa shape index (κ3) is 9.16. The van der Waals surface area contributed by atoms with Crippen molar-refractivity contribution in [1.82, 2.24) is 29.4 Å². The normalized spacial score (nSPS) is 22.4. The van der Waals surface area contributed by atoms with Gasteiger partial charge >= 0.3 is 10.2 Å². The number of anilines is 3. The fraction of sp³-hybridized carbons (Fsp3) is 0.442. The standard InChI is InChI=1S/C52H56F3N9O6S/c53-36-13-20-63(31-36)71(69,70)59-43-8-7-42(54)46(47(43)55)48(66)41-28-57-49-40(41)26-34(27-56-49)33-1-3-37(4-2-33)61-18-11-32(12-19-61)29-60-21-14-52(15-22-60)16-23-62(24-17-52)38-5-6-39-35(25-38)30-64(51(39)68)44-9-10-45(65)58-50(44)67/h1-8,25-28,32,36,44,59H,9-24,29-31H2,(H,56,57)(H,58,65,67)/t36-,44?/m1/s1. The number of amides is 3. The SMILES string of the molecule is O=C1CCC(N2Cc3cc(N4CCC5(CCN(CC6CCN(c7ccc(-c8cnc9[nH]cc(C(=O)c%10c(F)ccc(NS(=O)(=O)N%11CC[C@@H](F)C%11)c%10F)c9c8)cc7)CC6)CC5)CC4)ccc3C2=O)C(=O)N1. The van der Waals surface area contributed by atoms with Crippen molar-refractivity contribution in [2.45, 2.75) is 76.5 Å². The Balaban J connectivity index is 0.658. The van der Waals surface area contributed by atoms with E-state index in [9.17, 15) is 32.0 Å². The highest BCUT2D eigenvalue weighted by Crippen LogP contribution is 2.43. The van der Waals surface area contributed by atoms with E-state index >= 15 is 8.78 Å². The third-order valence-electron chi connectivity index (χ3n) is 16.1. The molecule has 0 radical (unpaired) electrons. The van der Waals surface area contributed by atoms with Crippen molar-refractivity contribution < 1.29 is 40.8 Å². The van der Waals surface area contributed by atoms with Gasteiger partial charge in [0.15, 0.2) is 5.82 Å². The lowest BCUT2D eigenvalue weighted by Crippen LogP contribution is -2.52. The van der Waals surface area contributed by atoms with Gasteiger partial charge in [-0.1, -0.05) is 12.1 Å². The van der Waals surface area contributed by atoms with Crippen molar-refractivity contribution in [2.24, 2.45) is 11.3 Å². The monoisotopic (exact) mass is 991 g/mol. The Morgan fingerprint density at radius 1 is 0.817 bits per heavy atom. The van der Waals surface area contributed by atoms with Crippen molar-refractivity contribution in [2.75, 3.05) is 73.4 Å². The van der Waals surface area contributed by atoms with Crippen LogP contribution in [0.3, 0.4) is 0 Å². The fourth-order valence-electron chi connectivity index (χ4n) is 11.7. The summed E-state index contributed by atoms with van der Waals surface area (Å²) < 4.78 is 73.3. The van der Waals surface area contributed by atoms with Gasteiger partial charge in [-0.3, -0.25) is 29.2 Å². The molecule has 6 aliphatic rings. The van der Waals surface area contributed by atoms with Crippen molar-refractivity contribution in [3.8, 4) is 11.1 Å². The highest BCUT2D eigenvalue weighted by atomic mass is 32.2. The molecule has 3 amide bonds. The van der Waals surface area contributed by atoms with Crippen LogP contribution in [0.25, 0.3) is 22.2 Å². The summed E-state index contributed by atoms with van der Waals surface area (Å²) in [4.78, 5) is 67.7. The minimum Gasteiger partial charge on any atom is -0.372 e. The first kappa shape index (κ1) is 47.0. The zero-order valence-corrected chi connectivity index (χ0v) is 40.1.